The van der Waals surface area contributed by atoms with E-state index in [0.717, 1.165) is 5.56 Å². The lowest BCUT2D eigenvalue weighted by Crippen LogP contribution is -2.34. The predicted octanol–water partition coefficient (Wildman–Crippen LogP) is 5.46. The first-order valence-corrected chi connectivity index (χ1v) is 14.4. The molecule has 7 heteroatoms. The predicted molar refractivity (Wildman–Crippen MR) is 95.6 cm³/mol. The summed E-state index contributed by atoms with van der Waals surface area (Å²) >= 11 is 0. The molecule has 0 bridgehead atoms. The normalized spacial score (nSPS) is 15.0. The second kappa shape index (κ2) is 7.94. The van der Waals surface area contributed by atoms with E-state index in [1.165, 1.54) is 0 Å². The second-order valence-electron chi connectivity index (χ2n) is 7.26. The lowest BCUT2D eigenvalue weighted by Gasteiger charge is -2.31. The van der Waals surface area contributed by atoms with E-state index in [0.29, 0.717) is 6.42 Å². The molecule has 0 fully saturated rings. The Labute approximate surface area is 135 Å². The molecule has 0 radical (unpaired) electrons. The molecule has 0 aliphatic carbocycles. The van der Waals surface area contributed by atoms with Gasteiger partial charge in [0.2, 0.25) is 0 Å². The molecule has 0 aromatic heterocycles. The molecule has 0 heterocycles. The van der Waals surface area contributed by atoms with Crippen molar-refractivity contribution in [3.8, 4) is 0 Å². The van der Waals surface area contributed by atoms with Crippen LogP contribution in [0.15, 0.2) is 35.4 Å². The fraction of sp³-hybridized carbons (Fsp3) is 0.600. The largest absolute Gasteiger partial charge is 0.411 e. The summed E-state index contributed by atoms with van der Waals surface area (Å²) in [6.07, 6.45) is -0.0549. The SMILES string of the molecule is C[Si](C)(C)OC(CC(O[Si](C)(C)C)c1ccccc1)N=[N+]=[N-]. The molecule has 0 N–H and O–H groups in total. The Morgan fingerprint density at radius 2 is 1.55 bits per heavy atom. The monoisotopic (exact) mass is 337 g/mol. The summed E-state index contributed by atoms with van der Waals surface area (Å²) in [5.41, 5.74) is 9.91. The molecule has 0 aliphatic heterocycles. The molecule has 122 valence electrons. The van der Waals surface area contributed by atoms with E-state index in [2.05, 4.69) is 49.3 Å². The van der Waals surface area contributed by atoms with Gasteiger partial charge in [0.15, 0.2) is 16.6 Å². The summed E-state index contributed by atoms with van der Waals surface area (Å²) in [5.74, 6) is 0. The Hall–Kier alpha value is -1.12. The zero-order valence-corrected chi connectivity index (χ0v) is 16.4. The highest BCUT2D eigenvalue weighted by molar-refractivity contribution is 6.70. The van der Waals surface area contributed by atoms with E-state index in [1.807, 2.05) is 30.3 Å². The van der Waals surface area contributed by atoms with Crippen LogP contribution in [0.1, 0.15) is 18.1 Å². The minimum Gasteiger partial charge on any atom is -0.411 e. The van der Waals surface area contributed by atoms with E-state index in [1.54, 1.807) is 0 Å². The molecule has 0 spiro atoms. The Morgan fingerprint density at radius 1 is 1.00 bits per heavy atom. The molecule has 0 amide bonds. The maximum absolute atomic E-state index is 8.81. The molecule has 1 aromatic carbocycles. The number of hydrogen-bond acceptors (Lipinski definition) is 3. The van der Waals surface area contributed by atoms with Crippen LogP contribution in [0, 0.1) is 0 Å². The molecular formula is C15H27N3O2Si2. The second-order valence-corrected chi connectivity index (χ2v) is 16.2. The van der Waals surface area contributed by atoms with Gasteiger partial charge >= 0.3 is 0 Å². The fourth-order valence-corrected chi connectivity index (χ4v) is 4.16. The van der Waals surface area contributed by atoms with Crippen LogP contribution in [0.4, 0.5) is 0 Å². The number of azide groups is 1. The quantitative estimate of drug-likeness (QED) is 0.274. The van der Waals surface area contributed by atoms with Gasteiger partial charge in [-0.15, -0.1) is 0 Å². The van der Waals surface area contributed by atoms with Gasteiger partial charge in [0.25, 0.3) is 0 Å². The molecular weight excluding hydrogens is 310 g/mol. The number of benzene rings is 1. The van der Waals surface area contributed by atoms with Crippen molar-refractivity contribution in [1.29, 1.82) is 0 Å². The Balaban J connectivity index is 2.97. The number of nitrogens with zero attached hydrogens (tertiary/aromatic N) is 3. The molecule has 1 aromatic rings. The van der Waals surface area contributed by atoms with Gasteiger partial charge in [-0.25, -0.2) is 0 Å². The Morgan fingerprint density at radius 3 is 2.00 bits per heavy atom. The standard InChI is InChI=1S/C15H27N3O2Si2/c1-21(2,3)19-14(13-10-8-7-9-11-13)12-15(17-18-16)20-22(4,5)6/h7-11,14-15H,12H2,1-6H3. The van der Waals surface area contributed by atoms with Gasteiger partial charge in [0.05, 0.1) is 6.10 Å². The summed E-state index contributed by atoms with van der Waals surface area (Å²) in [6.45, 7) is 12.7. The van der Waals surface area contributed by atoms with Crippen molar-refractivity contribution in [2.75, 3.05) is 0 Å². The van der Waals surface area contributed by atoms with Crippen LogP contribution in [0.3, 0.4) is 0 Å². The van der Waals surface area contributed by atoms with Gasteiger partial charge in [-0.05, 0) is 50.4 Å². The fourth-order valence-electron chi connectivity index (χ4n) is 2.11. The molecule has 22 heavy (non-hydrogen) atoms. The third kappa shape index (κ3) is 7.77. The summed E-state index contributed by atoms with van der Waals surface area (Å²) < 4.78 is 12.3. The van der Waals surface area contributed by atoms with Crippen LogP contribution >= 0.6 is 0 Å². The Bertz CT molecular complexity index is 506. The lowest BCUT2D eigenvalue weighted by molar-refractivity contribution is 0.105. The van der Waals surface area contributed by atoms with Crippen molar-refractivity contribution in [3.63, 3.8) is 0 Å². The van der Waals surface area contributed by atoms with Crippen molar-refractivity contribution >= 4 is 16.6 Å². The molecule has 0 aliphatic rings. The van der Waals surface area contributed by atoms with Gasteiger partial charge in [-0.2, -0.15) is 0 Å². The first kappa shape index (κ1) is 18.9. The zero-order chi connectivity index (χ0) is 16.8. The third-order valence-corrected chi connectivity index (χ3v) is 4.72. The van der Waals surface area contributed by atoms with Crippen molar-refractivity contribution in [1.82, 2.24) is 0 Å². The first-order valence-electron chi connectivity index (χ1n) is 7.55. The lowest BCUT2D eigenvalue weighted by atomic mass is 10.1. The van der Waals surface area contributed by atoms with Gasteiger partial charge in [-0.3, -0.25) is 0 Å². The van der Waals surface area contributed by atoms with Crippen LogP contribution < -0.4 is 0 Å². The number of hydrogen-bond donors (Lipinski definition) is 0. The maximum atomic E-state index is 8.81. The average molecular weight is 338 g/mol. The topological polar surface area (TPSA) is 67.2 Å². The van der Waals surface area contributed by atoms with E-state index in [9.17, 15) is 0 Å². The minimum atomic E-state index is -1.79. The molecule has 2 unspecified atom stereocenters. The molecule has 2 atom stereocenters. The molecule has 1 rings (SSSR count). The van der Waals surface area contributed by atoms with E-state index < -0.39 is 22.9 Å². The molecule has 0 saturated carbocycles. The Kier molecular flexibility index (Phi) is 6.83. The zero-order valence-electron chi connectivity index (χ0n) is 14.4. The van der Waals surface area contributed by atoms with E-state index in [4.69, 9.17) is 14.4 Å². The minimum absolute atomic E-state index is 0.111. The van der Waals surface area contributed by atoms with Crippen molar-refractivity contribution in [3.05, 3.63) is 46.3 Å². The summed E-state index contributed by atoms with van der Waals surface area (Å²) in [7, 11) is -3.52. The third-order valence-electron chi connectivity index (χ3n) is 2.75. The van der Waals surface area contributed by atoms with Gasteiger partial charge in [0, 0.05) is 11.3 Å². The van der Waals surface area contributed by atoms with Crippen molar-refractivity contribution in [2.24, 2.45) is 5.11 Å². The maximum Gasteiger partial charge on any atom is 0.184 e. The highest BCUT2D eigenvalue weighted by Crippen LogP contribution is 2.29. The van der Waals surface area contributed by atoms with Crippen LogP contribution in [0.5, 0.6) is 0 Å². The van der Waals surface area contributed by atoms with Gasteiger partial charge in [-0.1, -0.05) is 35.4 Å². The summed E-state index contributed by atoms with van der Waals surface area (Å²) in [5, 5.41) is 3.83. The van der Waals surface area contributed by atoms with E-state index >= 15 is 0 Å². The van der Waals surface area contributed by atoms with Crippen molar-refractivity contribution in [2.45, 2.75) is 58.0 Å². The van der Waals surface area contributed by atoms with Crippen molar-refractivity contribution < 1.29 is 8.85 Å². The highest BCUT2D eigenvalue weighted by Gasteiger charge is 2.28. The van der Waals surface area contributed by atoms with Crippen LogP contribution in [0.25, 0.3) is 10.4 Å². The smallest absolute Gasteiger partial charge is 0.184 e. The molecule has 0 saturated heterocycles. The van der Waals surface area contributed by atoms with E-state index in [-0.39, 0.29) is 6.10 Å². The van der Waals surface area contributed by atoms with Gasteiger partial charge < -0.3 is 8.85 Å². The average Bonchev–Trinajstić information content (AvgIpc) is 2.36. The summed E-state index contributed by atoms with van der Waals surface area (Å²) in [4.78, 5) is 2.94. The van der Waals surface area contributed by atoms with Crippen LogP contribution in [0.2, 0.25) is 39.3 Å². The number of rotatable bonds is 8. The molecule has 5 nitrogen and oxygen atoms in total. The van der Waals surface area contributed by atoms with Crippen LogP contribution in [-0.4, -0.2) is 22.9 Å². The highest BCUT2D eigenvalue weighted by atomic mass is 28.4. The van der Waals surface area contributed by atoms with Crippen LogP contribution in [-0.2, 0) is 8.85 Å². The summed E-state index contributed by atoms with van der Waals surface area (Å²) in [6, 6.07) is 10.1. The van der Waals surface area contributed by atoms with Gasteiger partial charge in [0.1, 0.15) is 6.23 Å². The first-order chi connectivity index (χ1) is 10.1.